The van der Waals surface area contributed by atoms with Gasteiger partial charge in [0.2, 0.25) is 0 Å². The molecule has 1 aliphatic carbocycles. The van der Waals surface area contributed by atoms with Crippen molar-refractivity contribution in [2.45, 2.75) is 16.2 Å². The van der Waals surface area contributed by atoms with Crippen LogP contribution in [-0.4, -0.2) is 4.57 Å². The summed E-state index contributed by atoms with van der Waals surface area (Å²) in [5, 5.41) is 5.21. The van der Waals surface area contributed by atoms with Crippen molar-refractivity contribution >= 4 is 67.5 Å². The van der Waals surface area contributed by atoms with E-state index in [-0.39, 0.29) is 0 Å². The lowest BCUT2D eigenvalue weighted by Crippen LogP contribution is -2.16. The Hall–Kier alpha value is -5.51. The fourth-order valence-corrected chi connectivity index (χ4v) is 8.75. The largest absolute Gasteiger partial charge is 0.309 e. The van der Waals surface area contributed by atoms with Gasteiger partial charge in [-0.25, -0.2) is 0 Å². The molecule has 1 aliphatic heterocycles. The zero-order valence-corrected chi connectivity index (χ0v) is 25.8. The van der Waals surface area contributed by atoms with Gasteiger partial charge in [0, 0.05) is 31.9 Å². The van der Waals surface area contributed by atoms with Crippen molar-refractivity contribution in [2.24, 2.45) is 0 Å². The number of para-hydroxylation sites is 2. The highest BCUT2D eigenvalue weighted by molar-refractivity contribution is 7.99. The van der Waals surface area contributed by atoms with Crippen LogP contribution in [0.25, 0.3) is 55.5 Å². The molecule has 0 saturated heterocycles. The number of nitrogens with zero attached hydrogens (tertiary/aromatic N) is 2. The molecule has 0 atom stereocenters. The maximum atomic E-state index is 2.50. The minimum absolute atomic E-state index is 0.939. The van der Waals surface area contributed by atoms with Crippen LogP contribution in [0.4, 0.5) is 17.1 Å². The number of hydrogen-bond acceptors (Lipinski definition) is 2. The molecule has 8 aromatic rings. The predicted octanol–water partition coefficient (Wildman–Crippen LogP) is 12.1. The van der Waals surface area contributed by atoms with Crippen molar-refractivity contribution in [3.63, 3.8) is 0 Å². The van der Waals surface area contributed by atoms with Gasteiger partial charge in [-0.15, -0.1) is 0 Å². The summed E-state index contributed by atoms with van der Waals surface area (Å²) in [6.45, 7) is 0. The third-order valence-electron chi connectivity index (χ3n) is 9.54. The van der Waals surface area contributed by atoms with Crippen LogP contribution in [0.3, 0.4) is 0 Å². The van der Waals surface area contributed by atoms with Crippen molar-refractivity contribution in [3.8, 4) is 16.8 Å². The van der Waals surface area contributed by atoms with E-state index in [0.29, 0.717) is 0 Å². The SMILES string of the molecule is C1=Cc2cccc3cc4c(c(c23)C1)Sc1cc(-c2ccccc2)ccc1N4c1ccc2c(c1)c1ccccc1n2-c1ccccc1. The van der Waals surface area contributed by atoms with E-state index in [1.807, 2.05) is 11.8 Å². The van der Waals surface area contributed by atoms with Crippen LogP contribution in [0, 0.1) is 0 Å². The van der Waals surface area contributed by atoms with Gasteiger partial charge in [-0.2, -0.15) is 0 Å². The number of rotatable bonds is 3. The van der Waals surface area contributed by atoms with Gasteiger partial charge >= 0.3 is 0 Å². The topological polar surface area (TPSA) is 8.17 Å². The molecule has 0 unspecified atom stereocenters. The third kappa shape index (κ3) is 3.79. The van der Waals surface area contributed by atoms with Crippen LogP contribution in [0.5, 0.6) is 0 Å². The summed E-state index contributed by atoms with van der Waals surface area (Å²) in [5.41, 5.74) is 12.5. The lowest BCUT2D eigenvalue weighted by molar-refractivity contribution is 1.12. The normalized spacial score (nSPS) is 13.3. The van der Waals surface area contributed by atoms with Gasteiger partial charge in [0.15, 0.2) is 0 Å². The van der Waals surface area contributed by atoms with E-state index in [0.717, 1.165) is 6.42 Å². The van der Waals surface area contributed by atoms with Gasteiger partial charge in [-0.1, -0.05) is 115 Å². The van der Waals surface area contributed by atoms with Crippen molar-refractivity contribution in [1.29, 1.82) is 0 Å². The zero-order chi connectivity index (χ0) is 30.2. The van der Waals surface area contributed by atoms with Crippen molar-refractivity contribution in [3.05, 3.63) is 163 Å². The predicted molar refractivity (Wildman–Crippen MR) is 195 cm³/mol. The first-order valence-corrected chi connectivity index (χ1v) is 16.6. The Morgan fingerprint density at radius 1 is 0.543 bits per heavy atom. The van der Waals surface area contributed by atoms with E-state index in [2.05, 4.69) is 167 Å². The maximum Gasteiger partial charge on any atom is 0.0610 e. The average Bonchev–Trinajstić information content (AvgIpc) is 3.45. The molecule has 0 N–H and O–H groups in total. The second kappa shape index (κ2) is 10.00. The first-order chi connectivity index (χ1) is 22.8. The molecule has 0 bridgehead atoms. The maximum absolute atomic E-state index is 2.50. The molecule has 2 nitrogen and oxygen atoms in total. The Morgan fingerprint density at radius 2 is 1.35 bits per heavy atom. The van der Waals surface area contributed by atoms with Gasteiger partial charge in [0.05, 0.1) is 22.4 Å². The van der Waals surface area contributed by atoms with E-state index in [1.165, 1.54) is 87.4 Å². The molecule has 1 aromatic heterocycles. The molecule has 2 heterocycles. The van der Waals surface area contributed by atoms with E-state index in [4.69, 9.17) is 0 Å². The lowest BCUT2D eigenvalue weighted by atomic mass is 9.92. The van der Waals surface area contributed by atoms with Gasteiger partial charge in [-0.3, -0.25) is 0 Å². The monoisotopic (exact) mass is 604 g/mol. The highest BCUT2D eigenvalue weighted by Crippen LogP contribution is 2.56. The summed E-state index contributed by atoms with van der Waals surface area (Å²) in [6.07, 6.45) is 5.54. The number of hydrogen-bond donors (Lipinski definition) is 0. The van der Waals surface area contributed by atoms with Crippen molar-refractivity contribution in [2.75, 3.05) is 4.90 Å². The summed E-state index contributed by atoms with van der Waals surface area (Å²) in [6, 6.07) is 53.3. The minimum Gasteiger partial charge on any atom is -0.309 e. The number of anilines is 3. The first kappa shape index (κ1) is 25.8. The molecule has 0 amide bonds. The molecule has 0 saturated carbocycles. The first-order valence-electron chi connectivity index (χ1n) is 15.8. The highest BCUT2D eigenvalue weighted by Gasteiger charge is 2.30. The van der Waals surface area contributed by atoms with Gasteiger partial charge in [0.1, 0.15) is 0 Å². The summed E-state index contributed by atoms with van der Waals surface area (Å²) < 4.78 is 2.39. The lowest BCUT2D eigenvalue weighted by Gasteiger charge is -2.35. The molecule has 10 rings (SSSR count). The van der Waals surface area contributed by atoms with Crippen LogP contribution >= 0.6 is 11.8 Å². The van der Waals surface area contributed by atoms with Crippen LogP contribution in [0.15, 0.2) is 161 Å². The Kier molecular flexibility index (Phi) is 5.60. The smallest absolute Gasteiger partial charge is 0.0610 e. The number of benzene rings is 7. The standard InChI is InChI=1S/C43H28N2S/c1-3-11-28(12-4-1)30-21-23-39-41(26-30)46-43-35-19-10-14-29-13-9-15-31(42(29)35)25-40(43)45(39)33-22-24-38-36(27-33)34-18-7-8-20-37(34)44(38)32-16-5-2-6-17-32/h1-18,20-27H,19H2. The quantitative estimate of drug-likeness (QED) is 0.198. The summed E-state index contributed by atoms with van der Waals surface area (Å²) in [5.74, 6) is 0. The Bertz CT molecular complexity index is 2530. The molecule has 3 heteroatoms. The molecular formula is C43H28N2S. The van der Waals surface area contributed by atoms with Gasteiger partial charge < -0.3 is 9.47 Å². The highest BCUT2D eigenvalue weighted by atomic mass is 32.2. The summed E-state index contributed by atoms with van der Waals surface area (Å²) in [7, 11) is 0. The van der Waals surface area contributed by atoms with E-state index in [1.54, 1.807) is 0 Å². The summed E-state index contributed by atoms with van der Waals surface area (Å²) in [4.78, 5) is 5.14. The molecule has 2 aliphatic rings. The van der Waals surface area contributed by atoms with Crippen molar-refractivity contribution in [1.82, 2.24) is 4.57 Å². The van der Waals surface area contributed by atoms with Crippen LogP contribution in [0.1, 0.15) is 11.1 Å². The molecule has 46 heavy (non-hydrogen) atoms. The fraction of sp³-hybridized carbons (Fsp3) is 0.0233. The van der Waals surface area contributed by atoms with Crippen LogP contribution in [-0.2, 0) is 6.42 Å². The van der Waals surface area contributed by atoms with E-state index < -0.39 is 0 Å². The molecule has 0 fully saturated rings. The van der Waals surface area contributed by atoms with E-state index >= 15 is 0 Å². The van der Waals surface area contributed by atoms with E-state index in [9.17, 15) is 0 Å². The molecule has 216 valence electrons. The Balaban J connectivity index is 1.24. The average molecular weight is 605 g/mol. The minimum atomic E-state index is 0.939. The number of fused-ring (bicyclic) bond motifs is 6. The molecule has 0 spiro atoms. The second-order valence-electron chi connectivity index (χ2n) is 12.1. The molecule has 0 radical (unpaired) electrons. The zero-order valence-electron chi connectivity index (χ0n) is 25.0. The summed E-state index contributed by atoms with van der Waals surface area (Å²) >= 11 is 1.93. The Morgan fingerprint density at radius 3 is 2.24 bits per heavy atom. The molecular weight excluding hydrogens is 577 g/mol. The van der Waals surface area contributed by atoms with Crippen molar-refractivity contribution < 1.29 is 0 Å². The fourth-order valence-electron chi connectivity index (χ4n) is 7.52. The van der Waals surface area contributed by atoms with Gasteiger partial charge in [-0.05, 0) is 94.0 Å². The number of allylic oxidation sites excluding steroid dienone is 1. The van der Waals surface area contributed by atoms with Gasteiger partial charge in [0.25, 0.3) is 0 Å². The number of aromatic nitrogens is 1. The van der Waals surface area contributed by atoms with Crippen LogP contribution < -0.4 is 4.90 Å². The second-order valence-corrected chi connectivity index (χ2v) is 13.2. The van der Waals surface area contributed by atoms with Crippen LogP contribution in [0.2, 0.25) is 0 Å². The third-order valence-corrected chi connectivity index (χ3v) is 10.7. The molecule has 7 aromatic carbocycles. The Labute approximate surface area is 271 Å².